The summed E-state index contributed by atoms with van der Waals surface area (Å²) in [7, 11) is -1.15. The molecule has 0 aromatic carbocycles. The van der Waals surface area contributed by atoms with Gasteiger partial charge in [0, 0.05) is 30.7 Å². The predicted octanol–water partition coefficient (Wildman–Crippen LogP) is 4.31. The summed E-state index contributed by atoms with van der Waals surface area (Å²) in [6.07, 6.45) is -1.18. The fourth-order valence-electron chi connectivity index (χ4n) is 2.01. The molecule has 0 bridgehead atoms. The van der Waals surface area contributed by atoms with Crippen molar-refractivity contribution in [2.24, 2.45) is 0 Å². The molecule has 0 saturated heterocycles. The van der Waals surface area contributed by atoms with Crippen LogP contribution in [-0.4, -0.2) is 35.9 Å². The first-order chi connectivity index (χ1) is 10.3. The SMILES string of the molecule is C[Si](C)(C)CCOCn1nc(CC(F)F)c2cc(Br)cnc21. The summed E-state index contributed by atoms with van der Waals surface area (Å²) < 4.78 is 33.3. The van der Waals surface area contributed by atoms with E-state index in [1.54, 1.807) is 16.9 Å². The maximum atomic E-state index is 12.7. The minimum absolute atomic E-state index is 0.235. The number of hydrogen-bond donors (Lipinski definition) is 0. The number of hydrogen-bond acceptors (Lipinski definition) is 3. The molecule has 0 amide bonds. The molecule has 0 saturated carbocycles. The second-order valence-electron chi connectivity index (χ2n) is 6.41. The van der Waals surface area contributed by atoms with Crippen LogP contribution < -0.4 is 0 Å². The van der Waals surface area contributed by atoms with Crippen LogP contribution >= 0.6 is 15.9 Å². The van der Waals surface area contributed by atoms with Crippen LogP contribution in [0.25, 0.3) is 11.0 Å². The first kappa shape index (κ1) is 17.5. The second kappa shape index (κ2) is 7.14. The minimum atomic E-state index is -2.43. The quantitative estimate of drug-likeness (QED) is 0.521. The number of halogens is 3. The molecule has 8 heteroatoms. The summed E-state index contributed by atoms with van der Waals surface area (Å²) in [5.41, 5.74) is 0.930. The van der Waals surface area contributed by atoms with E-state index >= 15 is 0 Å². The summed E-state index contributed by atoms with van der Waals surface area (Å²) in [4.78, 5) is 4.27. The zero-order valence-electron chi connectivity index (χ0n) is 12.9. The molecule has 2 heterocycles. The molecule has 0 aliphatic carbocycles. The molecule has 0 radical (unpaired) electrons. The van der Waals surface area contributed by atoms with E-state index in [1.165, 1.54) is 0 Å². The van der Waals surface area contributed by atoms with Crippen molar-refractivity contribution in [3.8, 4) is 0 Å². The Labute approximate surface area is 138 Å². The lowest BCUT2D eigenvalue weighted by atomic mass is 10.2. The van der Waals surface area contributed by atoms with Gasteiger partial charge in [-0.1, -0.05) is 19.6 Å². The van der Waals surface area contributed by atoms with E-state index in [1.807, 2.05) is 0 Å². The Morgan fingerprint density at radius 3 is 2.73 bits per heavy atom. The van der Waals surface area contributed by atoms with Gasteiger partial charge < -0.3 is 4.74 Å². The third kappa shape index (κ3) is 4.82. The van der Waals surface area contributed by atoms with Gasteiger partial charge >= 0.3 is 0 Å². The number of fused-ring (bicyclic) bond motifs is 1. The van der Waals surface area contributed by atoms with Crippen molar-refractivity contribution in [2.45, 2.75) is 45.3 Å². The van der Waals surface area contributed by atoms with Crippen LogP contribution in [0.15, 0.2) is 16.7 Å². The van der Waals surface area contributed by atoms with Crippen LogP contribution in [0.1, 0.15) is 5.69 Å². The standard InChI is InChI=1S/C14H20BrF2N3OSi/c1-22(2,3)5-4-21-9-20-14-11(6-10(15)8-18-14)12(19-20)7-13(16)17/h6,8,13H,4-5,7,9H2,1-3H3. The van der Waals surface area contributed by atoms with Crippen LogP contribution in [0.4, 0.5) is 8.78 Å². The van der Waals surface area contributed by atoms with Crippen molar-refractivity contribution in [3.05, 3.63) is 22.4 Å². The van der Waals surface area contributed by atoms with Gasteiger partial charge in [0.1, 0.15) is 6.73 Å². The fraction of sp³-hybridized carbons (Fsp3) is 0.571. The van der Waals surface area contributed by atoms with E-state index in [4.69, 9.17) is 4.74 Å². The summed E-state index contributed by atoms with van der Waals surface area (Å²) in [5, 5.41) is 4.89. The first-order valence-electron chi connectivity index (χ1n) is 7.13. The van der Waals surface area contributed by atoms with Crippen molar-refractivity contribution in [1.82, 2.24) is 14.8 Å². The van der Waals surface area contributed by atoms with Crippen LogP contribution in [0.3, 0.4) is 0 Å². The van der Waals surface area contributed by atoms with Crippen molar-refractivity contribution in [2.75, 3.05) is 6.61 Å². The van der Waals surface area contributed by atoms with E-state index in [0.29, 0.717) is 23.3 Å². The van der Waals surface area contributed by atoms with Crippen molar-refractivity contribution in [3.63, 3.8) is 0 Å². The van der Waals surface area contributed by atoms with Gasteiger partial charge in [0.25, 0.3) is 0 Å². The molecule has 0 spiro atoms. The Balaban J connectivity index is 2.15. The zero-order valence-corrected chi connectivity index (χ0v) is 15.5. The second-order valence-corrected chi connectivity index (χ2v) is 13.0. The highest BCUT2D eigenvalue weighted by molar-refractivity contribution is 9.10. The third-order valence-corrected chi connectivity index (χ3v) is 5.33. The van der Waals surface area contributed by atoms with Crippen LogP contribution in [0.5, 0.6) is 0 Å². The van der Waals surface area contributed by atoms with Crippen LogP contribution in [0, 0.1) is 0 Å². The van der Waals surface area contributed by atoms with Gasteiger partial charge in [0.2, 0.25) is 6.43 Å². The molecule has 0 aliphatic heterocycles. The average Bonchev–Trinajstić information content (AvgIpc) is 2.70. The summed E-state index contributed by atoms with van der Waals surface area (Å²) in [6.45, 7) is 7.72. The molecule has 0 N–H and O–H groups in total. The Morgan fingerprint density at radius 1 is 1.36 bits per heavy atom. The van der Waals surface area contributed by atoms with E-state index in [-0.39, 0.29) is 13.2 Å². The number of alkyl halides is 2. The topological polar surface area (TPSA) is 39.9 Å². The molecular formula is C14H20BrF2N3OSi. The number of rotatable bonds is 7. The number of ether oxygens (including phenoxy) is 1. The van der Waals surface area contributed by atoms with Gasteiger partial charge in [0.05, 0.1) is 12.1 Å². The van der Waals surface area contributed by atoms with Gasteiger partial charge in [-0.2, -0.15) is 5.10 Å². The van der Waals surface area contributed by atoms with Crippen molar-refractivity contribution in [1.29, 1.82) is 0 Å². The molecule has 0 unspecified atom stereocenters. The highest BCUT2D eigenvalue weighted by Crippen LogP contribution is 2.23. The largest absolute Gasteiger partial charge is 0.359 e. The lowest BCUT2D eigenvalue weighted by Crippen LogP contribution is -2.22. The lowest BCUT2D eigenvalue weighted by molar-refractivity contribution is 0.0803. The maximum absolute atomic E-state index is 12.7. The molecule has 122 valence electrons. The Kier molecular flexibility index (Phi) is 5.68. The van der Waals surface area contributed by atoms with Crippen molar-refractivity contribution >= 4 is 35.0 Å². The number of aromatic nitrogens is 3. The molecular weight excluding hydrogens is 372 g/mol. The van der Waals surface area contributed by atoms with Gasteiger partial charge in [-0.3, -0.25) is 0 Å². The molecule has 0 fully saturated rings. The third-order valence-electron chi connectivity index (χ3n) is 3.19. The van der Waals surface area contributed by atoms with Gasteiger partial charge in [-0.15, -0.1) is 0 Å². The van der Waals surface area contributed by atoms with E-state index in [9.17, 15) is 8.78 Å². The molecule has 22 heavy (non-hydrogen) atoms. The molecule has 2 aromatic rings. The maximum Gasteiger partial charge on any atom is 0.244 e. The molecule has 2 rings (SSSR count). The lowest BCUT2D eigenvalue weighted by Gasteiger charge is -2.15. The zero-order chi connectivity index (χ0) is 16.3. The number of pyridine rings is 1. The summed E-state index contributed by atoms with van der Waals surface area (Å²) in [5.74, 6) is 0. The fourth-order valence-corrected chi connectivity index (χ4v) is 3.10. The van der Waals surface area contributed by atoms with E-state index in [2.05, 4.69) is 45.7 Å². The molecule has 0 aliphatic rings. The number of nitrogens with zero attached hydrogens (tertiary/aromatic N) is 3. The van der Waals surface area contributed by atoms with Gasteiger partial charge in [-0.25, -0.2) is 18.4 Å². The Hall–Kier alpha value is -0.863. The first-order valence-corrected chi connectivity index (χ1v) is 11.6. The Bertz CT molecular complexity index is 643. The summed E-state index contributed by atoms with van der Waals surface area (Å²) in [6, 6.07) is 2.82. The minimum Gasteiger partial charge on any atom is -0.359 e. The Morgan fingerprint density at radius 2 is 2.09 bits per heavy atom. The molecule has 0 atom stereocenters. The molecule has 4 nitrogen and oxygen atoms in total. The van der Waals surface area contributed by atoms with Crippen LogP contribution in [-0.2, 0) is 17.9 Å². The van der Waals surface area contributed by atoms with Gasteiger partial charge in [-0.05, 0) is 28.0 Å². The molecule has 2 aromatic heterocycles. The summed E-state index contributed by atoms with van der Waals surface area (Å²) >= 11 is 3.31. The highest BCUT2D eigenvalue weighted by atomic mass is 79.9. The average molecular weight is 392 g/mol. The monoisotopic (exact) mass is 391 g/mol. The van der Waals surface area contributed by atoms with Crippen molar-refractivity contribution < 1.29 is 13.5 Å². The normalized spacial score (nSPS) is 12.5. The predicted molar refractivity (Wildman–Crippen MR) is 89.0 cm³/mol. The smallest absolute Gasteiger partial charge is 0.244 e. The highest BCUT2D eigenvalue weighted by Gasteiger charge is 2.17. The van der Waals surface area contributed by atoms with Crippen LogP contribution in [0.2, 0.25) is 25.7 Å². The van der Waals surface area contributed by atoms with E-state index < -0.39 is 14.5 Å². The van der Waals surface area contributed by atoms with E-state index in [0.717, 1.165) is 10.5 Å². The van der Waals surface area contributed by atoms with Gasteiger partial charge in [0.15, 0.2) is 5.65 Å².